The Kier molecular flexibility index (Phi) is 2.30. The Labute approximate surface area is 86.2 Å². The van der Waals surface area contributed by atoms with E-state index in [1.165, 1.54) is 51.4 Å². The third-order valence-corrected chi connectivity index (χ3v) is 4.48. The molecule has 0 bridgehead atoms. The van der Waals surface area contributed by atoms with Gasteiger partial charge >= 0.3 is 0 Å². The Morgan fingerprint density at radius 1 is 0.571 bits per heavy atom. The zero-order valence-corrected chi connectivity index (χ0v) is 8.86. The lowest BCUT2D eigenvalue weighted by molar-refractivity contribution is 0.119. The molecule has 4 unspecified atom stereocenters. The summed E-state index contributed by atoms with van der Waals surface area (Å²) in [5.74, 6) is 1.82. The van der Waals surface area contributed by atoms with Crippen LogP contribution in [0.1, 0.15) is 51.4 Å². The van der Waals surface area contributed by atoms with Crippen LogP contribution in [0.5, 0.6) is 0 Å². The van der Waals surface area contributed by atoms with Crippen molar-refractivity contribution < 1.29 is 0 Å². The number of rotatable bonds is 0. The van der Waals surface area contributed by atoms with E-state index in [2.05, 4.69) is 10.2 Å². The highest BCUT2D eigenvalue weighted by molar-refractivity contribution is 4.95. The monoisotopic (exact) mass is 192 g/mol. The average molecular weight is 192 g/mol. The minimum atomic E-state index is 0.614. The summed E-state index contributed by atoms with van der Waals surface area (Å²) in [4.78, 5) is 0. The van der Waals surface area contributed by atoms with Gasteiger partial charge in [0.25, 0.3) is 0 Å². The minimum absolute atomic E-state index is 0.614. The summed E-state index contributed by atoms with van der Waals surface area (Å²) in [6.07, 6.45) is 11.2. The van der Waals surface area contributed by atoms with Crippen LogP contribution in [-0.4, -0.2) is 12.1 Å². The summed E-state index contributed by atoms with van der Waals surface area (Å²) in [5, 5.41) is 9.12. The average Bonchev–Trinajstić information content (AvgIpc) is 2.29. The van der Waals surface area contributed by atoms with Crippen molar-refractivity contribution in [3.8, 4) is 0 Å². The molecule has 0 saturated heterocycles. The topological polar surface area (TPSA) is 24.7 Å². The molecule has 0 aromatic heterocycles. The van der Waals surface area contributed by atoms with Gasteiger partial charge in [0.2, 0.25) is 0 Å². The molecule has 0 aromatic carbocycles. The van der Waals surface area contributed by atoms with Gasteiger partial charge in [-0.2, -0.15) is 10.2 Å². The van der Waals surface area contributed by atoms with Crippen LogP contribution >= 0.6 is 0 Å². The first-order chi connectivity index (χ1) is 6.95. The first-order valence-corrected chi connectivity index (χ1v) is 6.35. The molecule has 2 fully saturated rings. The van der Waals surface area contributed by atoms with Crippen molar-refractivity contribution in [1.29, 1.82) is 0 Å². The molecule has 0 aromatic rings. The van der Waals surface area contributed by atoms with E-state index in [0.717, 1.165) is 11.8 Å². The van der Waals surface area contributed by atoms with Gasteiger partial charge in [-0.1, -0.05) is 25.7 Å². The summed E-state index contributed by atoms with van der Waals surface area (Å²) >= 11 is 0. The van der Waals surface area contributed by atoms with E-state index in [1.807, 2.05) is 0 Å². The van der Waals surface area contributed by atoms with Gasteiger partial charge in [-0.3, -0.25) is 0 Å². The zero-order valence-electron chi connectivity index (χ0n) is 8.86. The second kappa shape index (κ2) is 3.63. The molecule has 2 heteroatoms. The molecule has 0 spiro atoms. The number of fused-ring (bicyclic) bond motifs is 3. The molecule has 0 N–H and O–H groups in total. The normalized spacial score (nSPS) is 46.9. The van der Waals surface area contributed by atoms with Crippen LogP contribution < -0.4 is 0 Å². The standard InChI is InChI=1S/C12H20N2/c1-3-7-11-9(5-1)10-6-2-4-8-12(10)14-13-11/h9-12H,1-8H2. The Hall–Kier alpha value is -0.400. The lowest BCUT2D eigenvalue weighted by Crippen LogP contribution is -2.40. The van der Waals surface area contributed by atoms with Crippen molar-refractivity contribution in [1.82, 2.24) is 0 Å². The highest BCUT2D eigenvalue weighted by Gasteiger charge is 2.40. The summed E-state index contributed by atoms with van der Waals surface area (Å²) in [6, 6.07) is 1.23. The molecule has 2 aliphatic carbocycles. The van der Waals surface area contributed by atoms with Gasteiger partial charge in [0.1, 0.15) is 0 Å². The van der Waals surface area contributed by atoms with Crippen LogP contribution in [0, 0.1) is 11.8 Å². The van der Waals surface area contributed by atoms with E-state index in [9.17, 15) is 0 Å². The highest BCUT2D eigenvalue weighted by Crippen LogP contribution is 2.43. The fourth-order valence-electron chi connectivity index (χ4n) is 3.74. The van der Waals surface area contributed by atoms with Gasteiger partial charge in [-0.15, -0.1) is 0 Å². The van der Waals surface area contributed by atoms with Gasteiger partial charge in [-0.05, 0) is 37.5 Å². The van der Waals surface area contributed by atoms with E-state index >= 15 is 0 Å². The summed E-state index contributed by atoms with van der Waals surface area (Å²) < 4.78 is 0. The maximum atomic E-state index is 4.56. The van der Waals surface area contributed by atoms with Crippen molar-refractivity contribution in [2.24, 2.45) is 22.1 Å². The quantitative estimate of drug-likeness (QED) is 0.560. The molecule has 3 rings (SSSR count). The Morgan fingerprint density at radius 3 is 1.50 bits per heavy atom. The van der Waals surface area contributed by atoms with Crippen LogP contribution in [0.3, 0.4) is 0 Å². The predicted molar refractivity (Wildman–Crippen MR) is 56.3 cm³/mol. The number of nitrogens with zero attached hydrogens (tertiary/aromatic N) is 2. The minimum Gasteiger partial charge on any atom is -0.190 e. The maximum absolute atomic E-state index is 4.56. The molecule has 4 atom stereocenters. The first kappa shape index (κ1) is 8.87. The molecule has 2 saturated carbocycles. The van der Waals surface area contributed by atoms with Crippen molar-refractivity contribution in [3.05, 3.63) is 0 Å². The molecule has 1 heterocycles. The second-order valence-electron chi connectivity index (χ2n) is 5.26. The van der Waals surface area contributed by atoms with Crippen LogP contribution in [-0.2, 0) is 0 Å². The van der Waals surface area contributed by atoms with Crippen molar-refractivity contribution in [2.45, 2.75) is 63.5 Å². The summed E-state index contributed by atoms with van der Waals surface area (Å²) in [7, 11) is 0. The Morgan fingerprint density at radius 2 is 1.00 bits per heavy atom. The molecule has 1 aliphatic heterocycles. The molecular weight excluding hydrogens is 172 g/mol. The van der Waals surface area contributed by atoms with Crippen molar-refractivity contribution in [3.63, 3.8) is 0 Å². The molecular formula is C12H20N2. The third-order valence-electron chi connectivity index (χ3n) is 4.48. The second-order valence-corrected chi connectivity index (χ2v) is 5.26. The maximum Gasteiger partial charge on any atom is 0.0740 e. The van der Waals surface area contributed by atoms with E-state index < -0.39 is 0 Å². The Balaban J connectivity index is 1.82. The molecule has 14 heavy (non-hydrogen) atoms. The van der Waals surface area contributed by atoms with E-state index in [0.29, 0.717) is 12.1 Å². The fourth-order valence-corrected chi connectivity index (χ4v) is 3.74. The third kappa shape index (κ3) is 1.39. The van der Waals surface area contributed by atoms with Gasteiger partial charge in [0.05, 0.1) is 12.1 Å². The zero-order chi connectivity index (χ0) is 9.38. The van der Waals surface area contributed by atoms with Gasteiger partial charge in [0, 0.05) is 0 Å². The number of hydrogen-bond acceptors (Lipinski definition) is 2. The summed E-state index contributed by atoms with van der Waals surface area (Å²) in [5.41, 5.74) is 0. The van der Waals surface area contributed by atoms with Crippen LogP contribution in [0.2, 0.25) is 0 Å². The van der Waals surface area contributed by atoms with Crippen molar-refractivity contribution >= 4 is 0 Å². The lowest BCUT2D eigenvalue weighted by atomic mass is 9.68. The smallest absolute Gasteiger partial charge is 0.0740 e. The fraction of sp³-hybridized carbons (Fsp3) is 1.00. The van der Waals surface area contributed by atoms with Gasteiger partial charge in [0.15, 0.2) is 0 Å². The number of hydrogen-bond donors (Lipinski definition) is 0. The van der Waals surface area contributed by atoms with E-state index in [-0.39, 0.29) is 0 Å². The Bertz CT molecular complexity index is 212. The largest absolute Gasteiger partial charge is 0.190 e. The van der Waals surface area contributed by atoms with Crippen LogP contribution in [0.15, 0.2) is 10.2 Å². The predicted octanol–water partition coefficient (Wildman–Crippen LogP) is 3.57. The molecule has 3 aliphatic rings. The van der Waals surface area contributed by atoms with Crippen LogP contribution in [0.25, 0.3) is 0 Å². The van der Waals surface area contributed by atoms with Gasteiger partial charge in [-0.25, -0.2) is 0 Å². The van der Waals surface area contributed by atoms with Crippen LogP contribution in [0.4, 0.5) is 0 Å². The molecule has 0 radical (unpaired) electrons. The van der Waals surface area contributed by atoms with Crippen molar-refractivity contribution in [2.75, 3.05) is 0 Å². The molecule has 78 valence electrons. The van der Waals surface area contributed by atoms with E-state index in [1.54, 1.807) is 0 Å². The molecule has 0 amide bonds. The molecule has 2 nitrogen and oxygen atoms in total. The SMILES string of the molecule is C1CCC2C(C1)N=NC1CCCCC12. The lowest BCUT2D eigenvalue weighted by Gasteiger charge is -2.42. The van der Waals surface area contributed by atoms with Gasteiger partial charge < -0.3 is 0 Å². The summed E-state index contributed by atoms with van der Waals surface area (Å²) in [6.45, 7) is 0. The first-order valence-electron chi connectivity index (χ1n) is 6.35. The number of azo groups is 1. The van der Waals surface area contributed by atoms with E-state index in [4.69, 9.17) is 0 Å². The highest BCUT2D eigenvalue weighted by atomic mass is 15.2.